The molecule has 13 heteroatoms. The lowest BCUT2D eigenvalue weighted by Gasteiger charge is -2.32. The Labute approximate surface area is 225 Å². The predicted octanol–water partition coefficient (Wildman–Crippen LogP) is 1.35. The van der Waals surface area contributed by atoms with E-state index in [1.807, 2.05) is 17.1 Å². The van der Waals surface area contributed by atoms with E-state index in [0.717, 1.165) is 11.4 Å². The van der Waals surface area contributed by atoms with E-state index in [-0.39, 0.29) is 31.5 Å². The van der Waals surface area contributed by atoms with E-state index in [9.17, 15) is 14.4 Å². The highest BCUT2D eigenvalue weighted by atomic mass is 19.1. The van der Waals surface area contributed by atoms with Crippen LogP contribution in [0.3, 0.4) is 0 Å². The van der Waals surface area contributed by atoms with Crippen LogP contribution in [0.2, 0.25) is 0 Å². The van der Waals surface area contributed by atoms with Crippen LogP contribution in [0.5, 0.6) is 0 Å². The second-order valence-electron chi connectivity index (χ2n) is 10.0. The van der Waals surface area contributed by atoms with Gasteiger partial charge in [0.2, 0.25) is 5.91 Å². The molecule has 208 valence electrons. The zero-order valence-electron chi connectivity index (χ0n) is 22.0. The second-order valence-corrected chi connectivity index (χ2v) is 10.0. The van der Waals surface area contributed by atoms with Gasteiger partial charge in [0.15, 0.2) is 11.9 Å². The van der Waals surface area contributed by atoms with Crippen molar-refractivity contribution in [2.45, 2.75) is 38.8 Å². The third-order valence-electron chi connectivity index (χ3n) is 6.70. The number of hydrazone groups is 1. The number of allylic oxidation sites excluding steroid dienone is 2. The Kier molecular flexibility index (Phi) is 7.28. The third kappa shape index (κ3) is 5.88. The molecule has 0 aromatic heterocycles. The average Bonchev–Trinajstić information content (AvgIpc) is 3.48. The quantitative estimate of drug-likeness (QED) is 0.552. The lowest BCUT2D eigenvalue weighted by molar-refractivity contribution is -0.160. The lowest BCUT2D eigenvalue weighted by Crippen LogP contribution is -2.46. The van der Waals surface area contributed by atoms with Crippen LogP contribution in [0.1, 0.15) is 26.3 Å². The number of nitrogens with one attached hydrogen (secondary N) is 2. The van der Waals surface area contributed by atoms with Crippen molar-refractivity contribution in [2.75, 3.05) is 44.2 Å². The molecule has 0 saturated carbocycles. The first-order valence-corrected chi connectivity index (χ1v) is 12.7. The van der Waals surface area contributed by atoms with Crippen molar-refractivity contribution >= 4 is 35.5 Å². The van der Waals surface area contributed by atoms with Crippen LogP contribution in [0.15, 0.2) is 41.3 Å². The highest BCUT2D eigenvalue weighted by molar-refractivity contribution is 5.90. The number of hydrogen-bond donors (Lipinski definition) is 2. The number of ether oxygens (including phenoxy) is 3. The molecule has 1 unspecified atom stereocenters. The van der Waals surface area contributed by atoms with E-state index in [1.165, 1.54) is 22.9 Å². The Morgan fingerprint density at radius 2 is 2.08 bits per heavy atom. The molecule has 5 rings (SSSR count). The zero-order chi connectivity index (χ0) is 27.7. The van der Waals surface area contributed by atoms with Crippen molar-refractivity contribution in [3.63, 3.8) is 0 Å². The Morgan fingerprint density at radius 1 is 1.26 bits per heavy atom. The van der Waals surface area contributed by atoms with Gasteiger partial charge in [-0.05, 0) is 43.7 Å². The fourth-order valence-electron chi connectivity index (χ4n) is 4.66. The van der Waals surface area contributed by atoms with Crippen molar-refractivity contribution in [2.24, 2.45) is 5.10 Å². The molecule has 39 heavy (non-hydrogen) atoms. The molecule has 4 aliphatic heterocycles. The van der Waals surface area contributed by atoms with E-state index >= 15 is 4.39 Å². The lowest BCUT2D eigenvalue weighted by atomic mass is 10.0. The maximum atomic E-state index is 15.1. The summed E-state index contributed by atoms with van der Waals surface area (Å²) < 4.78 is 31.5. The topological polar surface area (TPSA) is 125 Å². The Balaban J connectivity index is 1.20. The third-order valence-corrected chi connectivity index (χ3v) is 6.70. The molecule has 12 nitrogen and oxygen atoms in total. The molecule has 2 N–H and O–H groups in total. The highest BCUT2D eigenvalue weighted by Crippen LogP contribution is 2.28. The number of rotatable bonds is 6. The summed E-state index contributed by atoms with van der Waals surface area (Å²) in [7, 11) is 0. The molecule has 0 bridgehead atoms. The first-order chi connectivity index (χ1) is 18.6. The van der Waals surface area contributed by atoms with Crippen molar-refractivity contribution in [3.05, 3.63) is 47.6 Å². The minimum atomic E-state index is -0.787. The standard InChI is InChI=1S/C26H31FN6O6/c1-16(34)28-12-19-13-32(25(36)38-19)18-5-6-20(21(27)10-18)17-4-7-23(29-11-17)31-8-9-33(30-15-31)24(35)22-14-37-26(2,3)39-22/h4-7,10,15,19,22,29H,8-9,11-14H2,1-3H3,(H,28,34)/t19-,22?/m0/s1. The molecule has 1 aromatic carbocycles. The number of amides is 3. The largest absolute Gasteiger partial charge is 0.442 e. The molecular formula is C26H31FN6O6. The van der Waals surface area contributed by atoms with Gasteiger partial charge in [-0.15, -0.1) is 0 Å². The Morgan fingerprint density at radius 3 is 2.69 bits per heavy atom. The van der Waals surface area contributed by atoms with E-state index in [1.54, 1.807) is 32.3 Å². The number of dihydropyridines is 1. The number of hydrogen-bond acceptors (Lipinski definition) is 9. The molecule has 4 aliphatic rings. The van der Waals surface area contributed by atoms with Crippen molar-refractivity contribution < 1.29 is 33.0 Å². The zero-order valence-corrected chi connectivity index (χ0v) is 22.0. The number of nitrogens with zero attached hydrogens (tertiary/aromatic N) is 4. The molecule has 2 fully saturated rings. The number of carbonyl (C=O) groups excluding carboxylic acids is 3. The van der Waals surface area contributed by atoms with Crippen molar-refractivity contribution in [1.82, 2.24) is 20.5 Å². The van der Waals surface area contributed by atoms with E-state index in [2.05, 4.69) is 15.7 Å². The van der Waals surface area contributed by atoms with Gasteiger partial charge in [-0.3, -0.25) is 14.5 Å². The van der Waals surface area contributed by atoms with Gasteiger partial charge >= 0.3 is 6.09 Å². The number of cyclic esters (lactones) is 1. The van der Waals surface area contributed by atoms with Gasteiger partial charge in [0, 0.05) is 25.6 Å². The first-order valence-electron chi connectivity index (χ1n) is 12.7. The van der Waals surface area contributed by atoms with Gasteiger partial charge < -0.3 is 29.7 Å². The molecule has 4 heterocycles. The number of carbonyl (C=O) groups is 3. The van der Waals surface area contributed by atoms with Crippen LogP contribution in [0, 0.1) is 5.82 Å². The van der Waals surface area contributed by atoms with Crippen LogP contribution in [-0.2, 0) is 23.8 Å². The maximum absolute atomic E-state index is 15.1. The van der Waals surface area contributed by atoms with E-state index < -0.39 is 29.9 Å². The van der Waals surface area contributed by atoms with Gasteiger partial charge in [0.25, 0.3) is 5.91 Å². The summed E-state index contributed by atoms with van der Waals surface area (Å²) in [5.41, 5.74) is 1.53. The molecule has 1 aromatic rings. The second kappa shape index (κ2) is 10.7. The summed E-state index contributed by atoms with van der Waals surface area (Å²) in [4.78, 5) is 39.3. The summed E-state index contributed by atoms with van der Waals surface area (Å²) in [5, 5.41) is 11.5. The van der Waals surface area contributed by atoms with Gasteiger partial charge in [-0.1, -0.05) is 6.08 Å². The highest BCUT2D eigenvalue weighted by Gasteiger charge is 2.39. The molecule has 2 atom stereocenters. The van der Waals surface area contributed by atoms with E-state index in [0.29, 0.717) is 30.9 Å². The van der Waals surface area contributed by atoms with Crippen LogP contribution in [0.4, 0.5) is 14.9 Å². The van der Waals surface area contributed by atoms with Gasteiger partial charge in [0.05, 0.1) is 31.9 Å². The molecule has 0 radical (unpaired) electrons. The molecule has 3 amide bonds. The normalized spacial score (nSPS) is 24.2. The fraction of sp³-hybridized carbons (Fsp3) is 0.462. The SMILES string of the molecule is CC(=O)NC[C@H]1CN(c2ccc(C3=CC=C(N4C=NN(C(=O)C5COC(C)(C)O5)CC4)NC3)c(F)c2)C(=O)O1. The number of benzene rings is 1. The smallest absolute Gasteiger partial charge is 0.414 e. The molecular weight excluding hydrogens is 511 g/mol. The maximum Gasteiger partial charge on any atom is 0.414 e. The predicted molar refractivity (Wildman–Crippen MR) is 139 cm³/mol. The minimum absolute atomic E-state index is 0.195. The van der Waals surface area contributed by atoms with Crippen molar-refractivity contribution in [3.8, 4) is 0 Å². The summed E-state index contributed by atoms with van der Waals surface area (Å²) in [5.74, 6) is -0.938. The number of halogens is 1. The first kappa shape index (κ1) is 26.6. The van der Waals surface area contributed by atoms with Gasteiger partial charge in [-0.2, -0.15) is 5.10 Å². The monoisotopic (exact) mass is 542 g/mol. The summed E-state index contributed by atoms with van der Waals surface area (Å²) in [6.45, 7) is 6.80. The van der Waals surface area contributed by atoms with Crippen LogP contribution in [0.25, 0.3) is 5.57 Å². The summed E-state index contributed by atoms with van der Waals surface area (Å²) >= 11 is 0. The van der Waals surface area contributed by atoms with Crippen molar-refractivity contribution in [1.29, 1.82) is 0 Å². The van der Waals surface area contributed by atoms with Gasteiger partial charge in [0.1, 0.15) is 24.1 Å². The number of anilines is 1. The molecule has 0 aliphatic carbocycles. The van der Waals surface area contributed by atoms with Crippen LogP contribution < -0.4 is 15.5 Å². The fourth-order valence-corrected chi connectivity index (χ4v) is 4.66. The minimum Gasteiger partial charge on any atom is -0.442 e. The van der Waals surface area contributed by atoms with Gasteiger partial charge in [-0.25, -0.2) is 14.2 Å². The Bertz CT molecular complexity index is 1260. The van der Waals surface area contributed by atoms with E-state index in [4.69, 9.17) is 14.2 Å². The molecule has 0 spiro atoms. The average molecular weight is 543 g/mol. The summed E-state index contributed by atoms with van der Waals surface area (Å²) in [6, 6.07) is 4.61. The summed E-state index contributed by atoms with van der Waals surface area (Å²) in [6.07, 6.45) is 3.47. The van der Waals surface area contributed by atoms with Crippen LogP contribution >= 0.6 is 0 Å². The molecule has 2 saturated heterocycles. The van der Waals surface area contributed by atoms with Crippen LogP contribution in [-0.4, -0.2) is 91.5 Å². The Hall–Kier alpha value is -3.97.